The van der Waals surface area contributed by atoms with Crippen LogP contribution in [0.25, 0.3) is 0 Å². The Morgan fingerprint density at radius 3 is 2.86 bits per heavy atom. The van der Waals surface area contributed by atoms with E-state index >= 15 is 0 Å². The summed E-state index contributed by atoms with van der Waals surface area (Å²) < 4.78 is 5.24. The van der Waals surface area contributed by atoms with Crippen molar-refractivity contribution in [3.05, 3.63) is 0 Å². The zero-order chi connectivity index (χ0) is 10.4. The number of rotatable bonds is 7. The molecule has 0 aromatic rings. The van der Waals surface area contributed by atoms with E-state index in [2.05, 4.69) is 5.32 Å². The van der Waals surface area contributed by atoms with Crippen molar-refractivity contribution in [3.63, 3.8) is 0 Å². The molecule has 1 aliphatic rings. The number of hydrogen-bond acceptors (Lipinski definition) is 3. The van der Waals surface area contributed by atoms with Crippen LogP contribution in [-0.4, -0.2) is 50.2 Å². The topological polar surface area (TPSA) is 41.6 Å². The van der Waals surface area contributed by atoms with Crippen LogP contribution in [0.15, 0.2) is 0 Å². The highest BCUT2D eigenvalue weighted by molar-refractivity contribution is 5.77. The van der Waals surface area contributed by atoms with E-state index in [1.165, 1.54) is 0 Å². The van der Waals surface area contributed by atoms with E-state index in [9.17, 15) is 4.79 Å². The molecule has 1 N–H and O–H groups in total. The zero-order valence-electron chi connectivity index (χ0n) is 9.08. The Morgan fingerprint density at radius 1 is 1.57 bits per heavy atom. The summed E-state index contributed by atoms with van der Waals surface area (Å²) in [7, 11) is 1.85. The number of carbonyl (C=O) groups is 1. The molecule has 1 aliphatic carbocycles. The SMILES string of the molecule is CCNCCOCC(=O)N(C)C1CC1. The molecule has 0 aliphatic heterocycles. The first-order valence-corrected chi connectivity index (χ1v) is 5.29. The Labute approximate surface area is 85.6 Å². The number of ether oxygens (including phenoxy) is 1. The van der Waals surface area contributed by atoms with Crippen molar-refractivity contribution >= 4 is 5.91 Å². The molecule has 0 heterocycles. The third-order valence-electron chi connectivity index (χ3n) is 2.39. The maximum Gasteiger partial charge on any atom is 0.248 e. The van der Waals surface area contributed by atoms with Crippen LogP contribution >= 0.6 is 0 Å². The summed E-state index contributed by atoms with van der Waals surface area (Å²) in [6.45, 7) is 4.64. The van der Waals surface area contributed by atoms with Gasteiger partial charge in [0.15, 0.2) is 0 Å². The Balaban J connectivity index is 1.97. The van der Waals surface area contributed by atoms with Gasteiger partial charge in [-0.05, 0) is 19.4 Å². The van der Waals surface area contributed by atoms with Crippen LogP contribution in [0.3, 0.4) is 0 Å². The van der Waals surface area contributed by atoms with Gasteiger partial charge in [-0.25, -0.2) is 0 Å². The number of carbonyl (C=O) groups excluding carboxylic acids is 1. The van der Waals surface area contributed by atoms with Crippen LogP contribution in [0.5, 0.6) is 0 Å². The van der Waals surface area contributed by atoms with Crippen molar-refractivity contribution in [2.24, 2.45) is 0 Å². The van der Waals surface area contributed by atoms with Crippen LogP contribution in [-0.2, 0) is 9.53 Å². The monoisotopic (exact) mass is 200 g/mol. The third-order valence-corrected chi connectivity index (χ3v) is 2.39. The summed E-state index contributed by atoms with van der Waals surface area (Å²) in [5.41, 5.74) is 0. The Bertz CT molecular complexity index is 181. The highest BCUT2D eigenvalue weighted by Gasteiger charge is 2.29. The molecule has 0 aromatic heterocycles. The minimum atomic E-state index is 0.101. The molecule has 1 amide bonds. The van der Waals surface area contributed by atoms with Crippen LogP contribution in [0.4, 0.5) is 0 Å². The molecule has 1 fully saturated rings. The fourth-order valence-electron chi connectivity index (χ4n) is 1.25. The predicted molar refractivity (Wildman–Crippen MR) is 55.2 cm³/mol. The molecule has 4 heteroatoms. The molecule has 0 radical (unpaired) electrons. The van der Waals surface area contributed by atoms with Crippen molar-refractivity contribution in [2.75, 3.05) is 33.4 Å². The normalized spacial score (nSPS) is 15.6. The van der Waals surface area contributed by atoms with Gasteiger partial charge in [0.25, 0.3) is 0 Å². The summed E-state index contributed by atoms with van der Waals surface area (Å²) in [5, 5.41) is 3.14. The molecule has 0 unspecified atom stereocenters. The molecule has 0 bridgehead atoms. The summed E-state index contributed by atoms with van der Waals surface area (Å²) in [6, 6.07) is 0.486. The third kappa shape index (κ3) is 4.07. The van der Waals surface area contributed by atoms with Crippen molar-refractivity contribution in [1.82, 2.24) is 10.2 Å². The average Bonchev–Trinajstić information content (AvgIpc) is 2.99. The van der Waals surface area contributed by atoms with Gasteiger partial charge in [-0.3, -0.25) is 4.79 Å². The van der Waals surface area contributed by atoms with Gasteiger partial charge in [-0.1, -0.05) is 6.92 Å². The highest BCUT2D eigenvalue weighted by atomic mass is 16.5. The summed E-state index contributed by atoms with van der Waals surface area (Å²) >= 11 is 0. The van der Waals surface area contributed by atoms with Gasteiger partial charge in [-0.15, -0.1) is 0 Å². The average molecular weight is 200 g/mol. The van der Waals surface area contributed by atoms with E-state index in [0.29, 0.717) is 12.6 Å². The van der Waals surface area contributed by atoms with Gasteiger partial charge >= 0.3 is 0 Å². The summed E-state index contributed by atoms with van der Waals surface area (Å²) in [6.07, 6.45) is 2.30. The minimum Gasteiger partial charge on any atom is -0.370 e. The van der Waals surface area contributed by atoms with Gasteiger partial charge in [0.1, 0.15) is 6.61 Å². The molecule has 0 aromatic carbocycles. The lowest BCUT2D eigenvalue weighted by molar-refractivity contribution is -0.135. The number of hydrogen-bond donors (Lipinski definition) is 1. The number of nitrogens with one attached hydrogen (secondary N) is 1. The lowest BCUT2D eigenvalue weighted by Gasteiger charge is -2.15. The summed E-state index contributed by atoms with van der Waals surface area (Å²) in [4.78, 5) is 13.2. The molecule has 14 heavy (non-hydrogen) atoms. The van der Waals surface area contributed by atoms with E-state index in [1.54, 1.807) is 4.90 Å². The zero-order valence-corrected chi connectivity index (χ0v) is 9.08. The quantitative estimate of drug-likeness (QED) is 0.598. The molecular weight excluding hydrogens is 180 g/mol. The Hall–Kier alpha value is -0.610. The predicted octanol–water partition coefficient (Wildman–Crippen LogP) is 0.233. The highest BCUT2D eigenvalue weighted by Crippen LogP contribution is 2.25. The van der Waals surface area contributed by atoms with Crippen molar-refractivity contribution in [2.45, 2.75) is 25.8 Å². The molecular formula is C10H20N2O2. The van der Waals surface area contributed by atoms with Gasteiger partial charge in [0.05, 0.1) is 6.61 Å². The van der Waals surface area contributed by atoms with E-state index in [4.69, 9.17) is 4.74 Å². The Morgan fingerprint density at radius 2 is 2.29 bits per heavy atom. The molecule has 0 atom stereocenters. The largest absolute Gasteiger partial charge is 0.370 e. The summed E-state index contributed by atoms with van der Waals surface area (Å²) in [5.74, 6) is 0.101. The molecule has 4 nitrogen and oxygen atoms in total. The van der Waals surface area contributed by atoms with Crippen molar-refractivity contribution in [1.29, 1.82) is 0 Å². The van der Waals surface area contributed by atoms with Crippen LogP contribution < -0.4 is 5.32 Å². The first-order chi connectivity index (χ1) is 6.75. The maximum atomic E-state index is 11.4. The Kier molecular flexibility index (Phi) is 4.90. The van der Waals surface area contributed by atoms with Crippen LogP contribution in [0.1, 0.15) is 19.8 Å². The number of amides is 1. The van der Waals surface area contributed by atoms with E-state index in [-0.39, 0.29) is 12.5 Å². The van der Waals surface area contributed by atoms with Gasteiger partial charge in [-0.2, -0.15) is 0 Å². The minimum absolute atomic E-state index is 0.101. The lowest BCUT2D eigenvalue weighted by atomic mass is 10.5. The molecule has 1 saturated carbocycles. The lowest BCUT2D eigenvalue weighted by Crippen LogP contribution is -2.33. The molecule has 82 valence electrons. The molecule has 1 rings (SSSR count). The number of nitrogens with zero attached hydrogens (tertiary/aromatic N) is 1. The first kappa shape index (κ1) is 11.5. The van der Waals surface area contributed by atoms with Crippen molar-refractivity contribution < 1.29 is 9.53 Å². The molecule has 0 spiro atoms. The van der Waals surface area contributed by atoms with Crippen LogP contribution in [0, 0.1) is 0 Å². The van der Waals surface area contributed by atoms with Gasteiger partial charge in [0, 0.05) is 19.6 Å². The number of likely N-dealkylation sites (N-methyl/N-ethyl adjacent to an activating group) is 2. The maximum absolute atomic E-state index is 11.4. The van der Waals surface area contributed by atoms with E-state index < -0.39 is 0 Å². The first-order valence-electron chi connectivity index (χ1n) is 5.29. The smallest absolute Gasteiger partial charge is 0.248 e. The fourth-order valence-corrected chi connectivity index (χ4v) is 1.25. The van der Waals surface area contributed by atoms with Crippen LogP contribution in [0.2, 0.25) is 0 Å². The standard InChI is InChI=1S/C10H20N2O2/c1-3-11-6-7-14-8-10(13)12(2)9-4-5-9/h9,11H,3-8H2,1-2H3. The molecule has 0 saturated heterocycles. The van der Waals surface area contributed by atoms with E-state index in [0.717, 1.165) is 25.9 Å². The van der Waals surface area contributed by atoms with E-state index in [1.807, 2.05) is 14.0 Å². The van der Waals surface area contributed by atoms with Crippen molar-refractivity contribution in [3.8, 4) is 0 Å². The van der Waals surface area contributed by atoms with Gasteiger partial charge < -0.3 is 15.0 Å². The second-order valence-electron chi connectivity index (χ2n) is 3.64. The van der Waals surface area contributed by atoms with Gasteiger partial charge in [0.2, 0.25) is 5.91 Å². The second-order valence-corrected chi connectivity index (χ2v) is 3.64. The second kappa shape index (κ2) is 5.98. The fraction of sp³-hybridized carbons (Fsp3) is 0.900.